The number of thioether (sulfide) groups is 1. The molecule has 2 heterocycles. The van der Waals surface area contributed by atoms with Crippen LogP contribution in [0.5, 0.6) is 0 Å². The lowest BCUT2D eigenvalue weighted by molar-refractivity contribution is -0.127. The predicted octanol–water partition coefficient (Wildman–Crippen LogP) is 3.94. The van der Waals surface area contributed by atoms with Gasteiger partial charge in [-0.2, -0.15) is 0 Å². The second kappa shape index (κ2) is 7.80. The molecular formula is C22H21FN2O2S. The maximum atomic E-state index is 13.3. The van der Waals surface area contributed by atoms with E-state index in [1.807, 2.05) is 41.3 Å². The monoisotopic (exact) mass is 396 g/mol. The van der Waals surface area contributed by atoms with Crippen LogP contribution in [0.3, 0.4) is 0 Å². The van der Waals surface area contributed by atoms with E-state index < -0.39 is 0 Å². The van der Waals surface area contributed by atoms with E-state index in [-0.39, 0.29) is 22.5 Å². The molecule has 2 aliphatic rings. The number of rotatable bonds is 3. The summed E-state index contributed by atoms with van der Waals surface area (Å²) in [4.78, 5) is 28.3. The lowest BCUT2D eigenvalue weighted by Crippen LogP contribution is -2.53. The third-order valence-electron chi connectivity index (χ3n) is 5.28. The topological polar surface area (TPSA) is 40.6 Å². The zero-order valence-electron chi connectivity index (χ0n) is 15.4. The van der Waals surface area contributed by atoms with E-state index in [4.69, 9.17) is 0 Å². The lowest BCUT2D eigenvalue weighted by atomic mass is 10.0. The Kier molecular flexibility index (Phi) is 5.22. The van der Waals surface area contributed by atoms with Crippen LogP contribution in [0, 0.1) is 5.82 Å². The average molecular weight is 396 g/mol. The number of hydrogen-bond donors (Lipinski definition) is 0. The van der Waals surface area contributed by atoms with Crippen LogP contribution >= 0.6 is 11.8 Å². The van der Waals surface area contributed by atoms with E-state index in [9.17, 15) is 14.0 Å². The Hall–Kier alpha value is -2.60. The number of amides is 2. The molecule has 0 aromatic heterocycles. The summed E-state index contributed by atoms with van der Waals surface area (Å²) >= 11 is 1.63. The Morgan fingerprint density at radius 2 is 1.71 bits per heavy atom. The standard InChI is InChI=1S/C22H21FN2O2S/c23-18-7-9-19(10-8-18)25-21(27)16-28-22(25)12-14-24(15-13-22)20(26)11-6-17-4-2-1-3-5-17/h1-11H,12-16H2/b11-6+. The molecule has 0 aliphatic carbocycles. The maximum absolute atomic E-state index is 13.3. The molecule has 0 saturated carbocycles. The van der Waals surface area contributed by atoms with Gasteiger partial charge in [0.25, 0.3) is 0 Å². The first-order valence-corrected chi connectivity index (χ1v) is 10.3. The van der Waals surface area contributed by atoms with Gasteiger partial charge >= 0.3 is 0 Å². The second-order valence-electron chi connectivity index (χ2n) is 7.01. The highest BCUT2D eigenvalue weighted by molar-refractivity contribution is 8.02. The van der Waals surface area contributed by atoms with Crippen LogP contribution in [0.1, 0.15) is 18.4 Å². The van der Waals surface area contributed by atoms with Crippen LogP contribution in [0.4, 0.5) is 10.1 Å². The molecule has 0 unspecified atom stereocenters. The molecule has 1 spiro atoms. The molecule has 144 valence electrons. The van der Waals surface area contributed by atoms with Crippen molar-refractivity contribution in [1.29, 1.82) is 0 Å². The van der Waals surface area contributed by atoms with Crippen LogP contribution in [-0.4, -0.2) is 40.4 Å². The molecule has 6 heteroatoms. The molecule has 4 nitrogen and oxygen atoms in total. The number of halogens is 1. The molecular weight excluding hydrogens is 375 g/mol. The molecule has 0 radical (unpaired) electrons. The SMILES string of the molecule is O=C(/C=C/c1ccccc1)N1CCC2(CC1)SCC(=O)N2c1ccc(F)cc1. The molecule has 2 saturated heterocycles. The second-order valence-corrected chi connectivity index (χ2v) is 8.35. The van der Waals surface area contributed by atoms with Crippen molar-refractivity contribution in [1.82, 2.24) is 4.90 Å². The number of benzene rings is 2. The van der Waals surface area contributed by atoms with Gasteiger partial charge in [0.05, 0.1) is 10.6 Å². The van der Waals surface area contributed by atoms with Crippen molar-refractivity contribution in [2.75, 3.05) is 23.7 Å². The first kappa shape index (κ1) is 18.7. The van der Waals surface area contributed by atoms with E-state index in [0.717, 1.165) is 11.3 Å². The van der Waals surface area contributed by atoms with Crippen molar-refractivity contribution in [3.8, 4) is 0 Å². The van der Waals surface area contributed by atoms with Crippen molar-refractivity contribution in [2.45, 2.75) is 17.7 Å². The summed E-state index contributed by atoms with van der Waals surface area (Å²) in [6.45, 7) is 1.19. The van der Waals surface area contributed by atoms with E-state index >= 15 is 0 Å². The van der Waals surface area contributed by atoms with Crippen molar-refractivity contribution >= 4 is 35.3 Å². The minimum atomic E-state index is -0.352. The number of carbonyl (C=O) groups excluding carboxylic acids is 2. The predicted molar refractivity (Wildman–Crippen MR) is 110 cm³/mol. The fourth-order valence-corrected chi connectivity index (χ4v) is 5.13. The van der Waals surface area contributed by atoms with Crippen LogP contribution in [0.15, 0.2) is 60.7 Å². The number of hydrogen-bond acceptors (Lipinski definition) is 3. The lowest BCUT2D eigenvalue weighted by Gasteiger charge is -2.43. The molecule has 2 fully saturated rings. The van der Waals surface area contributed by atoms with Gasteiger partial charge in [0, 0.05) is 24.9 Å². The zero-order valence-corrected chi connectivity index (χ0v) is 16.2. The third kappa shape index (κ3) is 3.69. The van der Waals surface area contributed by atoms with Crippen molar-refractivity contribution in [3.05, 3.63) is 72.1 Å². The molecule has 0 bridgehead atoms. The molecule has 2 aliphatic heterocycles. The van der Waals surface area contributed by atoms with Gasteiger partial charge in [-0.25, -0.2) is 4.39 Å². The number of likely N-dealkylation sites (tertiary alicyclic amines) is 1. The number of anilines is 1. The van der Waals surface area contributed by atoms with Gasteiger partial charge in [-0.1, -0.05) is 30.3 Å². The Labute approximate surface area is 168 Å². The highest BCUT2D eigenvalue weighted by Gasteiger charge is 2.48. The number of piperidine rings is 1. The van der Waals surface area contributed by atoms with Crippen LogP contribution in [0.2, 0.25) is 0 Å². The number of nitrogens with zero attached hydrogens (tertiary/aromatic N) is 2. The quantitative estimate of drug-likeness (QED) is 0.738. The van der Waals surface area contributed by atoms with E-state index in [1.54, 1.807) is 34.9 Å². The maximum Gasteiger partial charge on any atom is 0.246 e. The molecule has 0 N–H and O–H groups in total. The Balaban J connectivity index is 1.45. The Morgan fingerprint density at radius 3 is 2.39 bits per heavy atom. The van der Waals surface area contributed by atoms with Gasteiger partial charge in [-0.15, -0.1) is 11.8 Å². The highest BCUT2D eigenvalue weighted by Crippen LogP contribution is 2.46. The Bertz CT molecular complexity index is 891. The number of carbonyl (C=O) groups is 2. The molecule has 2 aromatic rings. The highest BCUT2D eigenvalue weighted by atomic mass is 32.2. The molecule has 2 aromatic carbocycles. The van der Waals surface area contributed by atoms with Gasteiger partial charge in [-0.3, -0.25) is 14.5 Å². The van der Waals surface area contributed by atoms with Gasteiger partial charge in [-0.05, 0) is 48.7 Å². The van der Waals surface area contributed by atoms with E-state index in [1.165, 1.54) is 12.1 Å². The molecule has 4 rings (SSSR count). The van der Waals surface area contributed by atoms with Gasteiger partial charge < -0.3 is 4.90 Å². The van der Waals surface area contributed by atoms with Crippen LogP contribution in [0.25, 0.3) is 6.08 Å². The summed E-state index contributed by atoms with van der Waals surface area (Å²) in [5, 5.41) is 0. The molecule has 2 amide bonds. The first-order chi connectivity index (χ1) is 13.6. The fraction of sp³-hybridized carbons (Fsp3) is 0.273. The fourth-order valence-electron chi connectivity index (χ4n) is 3.80. The normalized spacial score (nSPS) is 19.0. The molecule has 28 heavy (non-hydrogen) atoms. The van der Waals surface area contributed by atoms with Crippen molar-refractivity contribution in [3.63, 3.8) is 0 Å². The summed E-state index contributed by atoms with van der Waals surface area (Å²) < 4.78 is 13.3. The summed E-state index contributed by atoms with van der Waals surface area (Å²) in [6, 6.07) is 15.8. The van der Waals surface area contributed by atoms with Gasteiger partial charge in [0.2, 0.25) is 11.8 Å². The minimum Gasteiger partial charge on any atom is -0.339 e. The average Bonchev–Trinajstić information content (AvgIpc) is 3.04. The van der Waals surface area contributed by atoms with Gasteiger partial charge in [0.15, 0.2) is 0 Å². The molecule has 0 atom stereocenters. The summed E-state index contributed by atoms with van der Waals surface area (Å²) in [5.74, 6) is 0.128. The smallest absolute Gasteiger partial charge is 0.246 e. The third-order valence-corrected chi connectivity index (χ3v) is 6.80. The Morgan fingerprint density at radius 1 is 1.04 bits per heavy atom. The summed E-state index contributed by atoms with van der Waals surface area (Å²) in [5.41, 5.74) is 1.71. The van der Waals surface area contributed by atoms with Gasteiger partial charge in [0.1, 0.15) is 5.82 Å². The van der Waals surface area contributed by atoms with Crippen molar-refractivity contribution in [2.24, 2.45) is 0 Å². The summed E-state index contributed by atoms with van der Waals surface area (Å²) in [7, 11) is 0. The zero-order chi connectivity index (χ0) is 19.6. The van der Waals surface area contributed by atoms with Crippen LogP contribution in [-0.2, 0) is 9.59 Å². The largest absolute Gasteiger partial charge is 0.339 e. The van der Waals surface area contributed by atoms with Crippen LogP contribution < -0.4 is 4.90 Å². The minimum absolute atomic E-state index is 0.0126. The summed E-state index contributed by atoms with van der Waals surface area (Å²) in [6.07, 6.45) is 4.83. The first-order valence-electron chi connectivity index (χ1n) is 9.32. The van der Waals surface area contributed by atoms with Crippen molar-refractivity contribution < 1.29 is 14.0 Å². The van der Waals surface area contributed by atoms with E-state index in [0.29, 0.717) is 31.7 Å². The van der Waals surface area contributed by atoms with E-state index in [2.05, 4.69) is 0 Å².